The lowest BCUT2D eigenvalue weighted by molar-refractivity contribution is -0.137. The summed E-state index contributed by atoms with van der Waals surface area (Å²) >= 11 is 0. The largest absolute Gasteiger partial charge is 0.490 e. The molecule has 1 aromatic rings. The molecule has 3 rings (SSSR count). The van der Waals surface area contributed by atoms with Crippen molar-refractivity contribution in [2.24, 2.45) is 5.92 Å². The van der Waals surface area contributed by atoms with Crippen LogP contribution in [0.3, 0.4) is 0 Å². The molecule has 1 heterocycles. The first-order valence-electron chi connectivity index (χ1n) is 10.0. The molecule has 0 atom stereocenters. The first-order chi connectivity index (χ1) is 12.6. The maximum Gasteiger partial charge on any atom is 0.304 e. The average molecular weight is 357 g/mol. The Kier molecular flexibility index (Phi) is 6.73. The summed E-state index contributed by atoms with van der Waals surface area (Å²) in [5, 5.41) is 8.79. The van der Waals surface area contributed by atoms with Crippen LogP contribution in [0.4, 0.5) is 0 Å². The second-order valence-electron chi connectivity index (χ2n) is 7.62. The van der Waals surface area contributed by atoms with Gasteiger partial charge in [-0.1, -0.05) is 31.6 Å². The van der Waals surface area contributed by atoms with Crippen LogP contribution in [0.1, 0.15) is 57.4 Å². The monoisotopic (exact) mass is 357 g/mol. The first-order valence-corrected chi connectivity index (χ1v) is 10.0. The van der Waals surface area contributed by atoms with Crippen molar-refractivity contribution in [3.05, 3.63) is 35.9 Å². The molecule has 1 aromatic carbocycles. The molecule has 0 saturated heterocycles. The van der Waals surface area contributed by atoms with Gasteiger partial charge in [-0.15, -0.1) is 0 Å². The van der Waals surface area contributed by atoms with Gasteiger partial charge < -0.3 is 9.84 Å². The number of hydrogen-bond donors (Lipinski definition) is 1. The molecule has 142 valence electrons. The zero-order chi connectivity index (χ0) is 18.4. The molecule has 1 N–H and O–H groups in total. The minimum absolute atomic E-state index is 0.218. The number of benzene rings is 1. The number of nitrogens with zero attached hydrogens (tertiary/aromatic N) is 1. The Morgan fingerprint density at radius 2 is 1.92 bits per heavy atom. The Balaban J connectivity index is 1.49. The van der Waals surface area contributed by atoms with Gasteiger partial charge in [0.25, 0.3) is 0 Å². The molecule has 0 spiro atoms. The number of rotatable bonds is 7. The molecule has 0 aromatic heterocycles. The third kappa shape index (κ3) is 5.34. The summed E-state index contributed by atoms with van der Waals surface area (Å²) in [6.45, 7) is 4.68. The SMILES string of the molecule is CCC1CCC(Oc2ccc(C3=CCN(CCC(=O)O)CC3)cc2)CC1. The zero-order valence-electron chi connectivity index (χ0n) is 15.8. The van der Waals surface area contributed by atoms with Crippen LogP contribution in [-0.2, 0) is 4.79 Å². The predicted molar refractivity (Wildman–Crippen MR) is 104 cm³/mol. The van der Waals surface area contributed by atoms with E-state index in [1.54, 1.807) is 0 Å². The van der Waals surface area contributed by atoms with Gasteiger partial charge in [0.1, 0.15) is 5.75 Å². The highest BCUT2D eigenvalue weighted by atomic mass is 16.5. The molecule has 4 heteroatoms. The van der Waals surface area contributed by atoms with Gasteiger partial charge in [-0.25, -0.2) is 0 Å². The van der Waals surface area contributed by atoms with Crippen LogP contribution in [0.25, 0.3) is 5.57 Å². The summed E-state index contributed by atoms with van der Waals surface area (Å²) in [7, 11) is 0. The van der Waals surface area contributed by atoms with Crippen molar-refractivity contribution in [3.63, 3.8) is 0 Å². The Bertz CT molecular complexity index is 615. The highest BCUT2D eigenvalue weighted by Crippen LogP contribution is 2.30. The maximum atomic E-state index is 10.7. The molecule has 2 aliphatic rings. The molecule has 0 radical (unpaired) electrons. The van der Waals surface area contributed by atoms with Gasteiger partial charge in [-0.2, -0.15) is 0 Å². The molecule has 0 amide bonds. The fraction of sp³-hybridized carbons (Fsp3) is 0.591. The van der Waals surface area contributed by atoms with Crippen LogP contribution in [-0.4, -0.2) is 41.7 Å². The number of hydrogen-bond acceptors (Lipinski definition) is 3. The van der Waals surface area contributed by atoms with Crippen LogP contribution in [0, 0.1) is 5.92 Å². The quantitative estimate of drug-likeness (QED) is 0.775. The molecule has 0 bridgehead atoms. The molecule has 1 fully saturated rings. The van der Waals surface area contributed by atoms with Crippen molar-refractivity contribution in [1.82, 2.24) is 4.90 Å². The Hall–Kier alpha value is -1.81. The number of carbonyl (C=O) groups is 1. The van der Waals surface area contributed by atoms with Crippen LogP contribution >= 0.6 is 0 Å². The van der Waals surface area contributed by atoms with Crippen LogP contribution in [0.15, 0.2) is 30.3 Å². The summed E-state index contributed by atoms with van der Waals surface area (Å²) in [5.41, 5.74) is 2.61. The molecule has 4 nitrogen and oxygen atoms in total. The lowest BCUT2D eigenvalue weighted by Gasteiger charge is -2.28. The van der Waals surface area contributed by atoms with Crippen molar-refractivity contribution in [2.45, 2.75) is 58.0 Å². The zero-order valence-corrected chi connectivity index (χ0v) is 15.8. The summed E-state index contributed by atoms with van der Waals surface area (Å²) in [4.78, 5) is 12.9. The van der Waals surface area contributed by atoms with E-state index in [4.69, 9.17) is 9.84 Å². The fourth-order valence-electron chi connectivity index (χ4n) is 4.03. The summed E-state index contributed by atoms with van der Waals surface area (Å²) in [5.74, 6) is 1.15. The second kappa shape index (κ2) is 9.22. The van der Waals surface area contributed by atoms with Gasteiger partial charge in [-0.05, 0) is 61.3 Å². The van der Waals surface area contributed by atoms with E-state index >= 15 is 0 Å². The van der Waals surface area contributed by atoms with Crippen molar-refractivity contribution >= 4 is 11.5 Å². The third-order valence-corrected chi connectivity index (χ3v) is 5.83. The topological polar surface area (TPSA) is 49.8 Å². The summed E-state index contributed by atoms with van der Waals surface area (Å²) in [6, 6.07) is 8.51. The van der Waals surface area contributed by atoms with Gasteiger partial charge in [0, 0.05) is 19.6 Å². The maximum absolute atomic E-state index is 10.7. The number of carboxylic acid groups (broad SMARTS) is 1. The molecule has 26 heavy (non-hydrogen) atoms. The second-order valence-corrected chi connectivity index (χ2v) is 7.62. The van der Waals surface area contributed by atoms with Crippen LogP contribution < -0.4 is 4.74 Å². The standard InChI is InChI=1S/C22H31NO3/c1-2-17-3-7-20(8-4-17)26-21-9-5-18(6-10-21)19-11-14-23(15-12-19)16-13-22(24)25/h5-6,9-11,17,20H,2-4,7-8,12-16H2,1H3,(H,24,25). The Morgan fingerprint density at radius 1 is 1.19 bits per heavy atom. The first kappa shape index (κ1) is 19.0. The van der Waals surface area contributed by atoms with E-state index in [1.807, 2.05) is 0 Å². The summed E-state index contributed by atoms with van der Waals surface area (Å²) in [6.07, 6.45) is 10.0. The Labute approximate surface area is 156 Å². The molecular weight excluding hydrogens is 326 g/mol. The van der Waals surface area contributed by atoms with E-state index in [0.717, 1.165) is 31.2 Å². The van der Waals surface area contributed by atoms with Crippen LogP contribution in [0.2, 0.25) is 0 Å². The third-order valence-electron chi connectivity index (χ3n) is 5.83. The van der Waals surface area contributed by atoms with Gasteiger partial charge in [0.05, 0.1) is 12.5 Å². The number of aliphatic carboxylic acids is 1. The predicted octanol–water partition coefficient (Wildman–Crippen LogP) is 4.60. The van der Waals surface area contributed by atoms with Crippen molar-refractivity contribution in [2.75, 3.05) is 19.6 Å². The van der Waals surface area contributed by atoms with Gasteiger partial charge in [0.2, 0.25) is 0 Å². The van der Waals surface area contributed by atoms with E-state index in [-0.39, 0.29) is 6.42 Å². The Morgan fingerprint density at radius 3 is 2.50 bits per heavy atom. The lowest BCUT2D eigenvalue weighted by atomic mass is 9.86. The molecule has 1 aliphatic carbocycles. The van der Waals surface area contributed by atoms with Gasteiger partial charge >= 0.3 is 5.97 Å². The highest BCUT2D eigenvalue weighted by Gasteiger charge is 2.21. The van der Waals surface area contributed by atoms with Crippen molar-refractivity contribution in [1.29, 1.82) is 0 Å². The lowest BCUT2D eigenvalue weighted by Crippen LogP contribution is -2.30. The normalized spacial score (nSPS) is 24.1. The highest BCUT2D eigenvalue weighted by molar-refractivity contribution is 5.68. The number of ether oxygens (including phenoxy) is 1. The molecule has 0 unspecified atom stereocenters. The molecule has 1 aliphatic heterocycles. The van der Waals surface area contributed by atoms with Gasteiger partial charge in [0.15, 0.2) is 0 Å². The van der Waals surface area contributed by atoms with Crippen molar-refractivity contribution < 1.29 is 14.6 Å². The van der Waals surface area contributed by atoms with E-state index < -0.39 is 5.97 Å². The van der Waals surface area contributed by atoms with Gasteiger partial charge in [-0.3, -0.25) is 9.69 Å². The van der Waals surface area contributed by atoms with E-state index in [0.29, 0.717) is 12.6 Å². The van der Waals surface area contributed by atoms with Crippen molar-refractivity contribution in [3.8, 4) is 5.75 Å². The van der Waals surface area contributed by atoms with Crippen LogP contribution in [0.5, 0.6) is 5.75 Å². The van der Waals surface area contributed by atoms with E-state index in [2.05, 4.69) is 42.2 Å². The average Bonchev–Trinajstić information content (AvgIpc) is 2.68. The molecular formula is C22H31NO3. The minimum Gasteiger partial charge on any atom is -0.490 e. The smallest absolute Gasteiger partial charge is 0.304 e. The minimum atomic E-state index is -0.724. The van der Waals surface area contributed by atoms with E-state index in [9.17, 15) is 4.79 Å². The fourth-order valence-corrected chi connectivity index (χ4v) is 4.03. The van der Waals surface area contributed by atoms with E-state index in [1.165, 1.54) is 43.2 Å². The summed E-state index contributed by atoms with van der Waals surface area (Å²) < 4.78 is 6.18. The number of carboxylic acids is 1. The molecule has 1 saturated carbocycles.